The largest absolute Gasteiger partial charge is 0.373 e. The second-order valence-corrected chi connectivity index (χ2v) is 7.66. The summed E-state index contributed by atoms with van der Waals surface area (Å²) in [6, 6.07) is 9.47. The van der Waals surface area contributed by atoms with Crippen molar-refractivity contribution in [2.24, 2.45) is 0 Å². The van der Waals surface area contributed by atoms with Gasteiger partial charge in [-0.15, -0.1) is 0 Å². The molecule has 3 fully saturated rings. The molecule has 3 heterocycles. The topological polar surface area (TPSA) is 88.3 Å². The van der Waals surface area contributed by atoms with Gasteiger partial charge in [-0.1, -0.05) is 12.1 Å². The van der Waals surface area contributed by atoms with E-state index in [1.165, 1.54) is 0 Å². The van der Waals surface area contributed by atoms with Crippen molar-refractivity contribution in [1.29, 1.82) is 5.26 Å². The highest BCUT2D eigenvalue weighted by molar-refractivity contribution is 5.89. The fourth-order valence-electron chi connectivity index (χ4n) is 4.50. The molecule has 28 heavy (non-hydrogen) atoms. The zero-order valence-corrected chi connectivity index (χ0v) is 15.3. The van der Waals surface area contributed by atoms with E-state index in [0.717, 1.165) is 24.1 Å². The molecule has 2 atom stereocenters. The van der Waals surface area contributed by atoms with Gasteiger partial charge >= 0.3 is 0 Å². The maximum atomic E-state index is 13.1. The SMILES string of the molecule is N#Cc1cccc(COC2CC3(C2)O[C@@H]2CC[C@@H](c4cnccn4)N2C3=O)c1. The number of amides is 1. The summed E-state index contributed by atoms with van der Waals surface area (Å²) in [4.78, 5) is 23.5. The zero-order chi connectivity index (χ0) is 19.1. The minimum absolute atomic E-state index is 0.00955. The van der Waals surface area contributed by atoms with E-state index in [4.69, 9.17) is 14.7 Å². The summed E-state index contributed by atoms with van der Waals surface area (Å²) < 4.78 is 12.1. The van der Waals surface area contributed by atoms with Crippen LogP contribution in [-0.2, 0) is 20.9 Å². The molecule has 1 saturated carbocycles. The van der Waals surface area contributed by atoms with E-state index in [9.17, 15) is 4.79 Å². The third-order valence-electron chi connectivity index (χ3n) is 5.90. The summed E-state index contributed by atoms with van der Waals surface area (Å²) in [5, 5.41) is 8.99. The van der Waals surface area contributed by atoms with Crippen LogP contribution < -0.4 is 0 Å². The van der Waals surface area contributed by atoms with Gasteiger partial charge in [0.15, 0.2) is 5.60 Å². The number of hydrogen-bond acceptors (Lipinski definition) is 6. The summed E-state index contributed by atoms with van der Waals surface area (Å²) in [5.74, 6) is 0.0528. The van der Waals surface area contributed by atoms with Crippen molar-refractivity contribution in [1.82, 2.24) is 14.9 Å². The molecule has 1 amide bonds. The first-order chi connectivity index (χ1) is 13.7. The quantitative estimate of drug-likeness (QED) is 0.815. The molecule has 2 aromatic rings. The average molecular weight is 376 g/mol. The average Bonchev–Trinajstić information content (AvgIpc) is 3.24. The predicted octanol–water partition coefficient (Wildman–Crippen LogP) is 2.49. The van der Waals surface area contributed by atoms with E-state index in [-0.39, 0.29) is 24.3 Å². The molecule has 7 heteroatoms. The molecule has 0 N–H and O–H groups in total. The van der Waals surface area contributed by atoms with Crippen LogP contribution >= 0.6 is 0 Å². The number of fused-ring (bicyclic) bond motifs is 1. The van der Waals surface area contributed by atoms with E-state index in [0.29, 0.717) is 25.0 Å². The molecule has 1 aliphatic carbocycles. The first-order valence-electron chi connectivity index (χ1n) is 9.56. The van der Waals surface area contributed by atoms with Crippen LogP contribution in [0.15, 0.2) is 42.9 Å². The number of rotatable bonds is 4. The molecule has 7 nitrogen and oxygen atoms in total. The molecule has 0 unspecified atom stereocenters. The minimum atomic E-state index is -0.745. The van der Waals surface area contributed by atoms with Crippen molar-refractivity contribution >= 4 is 5.91 Å². The van der Waals surface area contributed by atoms with Gasteiger partial charge in [0.25, 0.3) is 5.91 Å². The Morgan fingerprint density at radius 1 is 1.32 bits per heavy atom. The number of carbonyl (C=O) groups excluding carboxylic acids is 1. The molecule has 5 rings (SSSR count). The second-order valence-electron chi connectivity index (χ2n) is 7.66. The first-order valence-corrected chi connectivity index (χ1v) is 9.56. The van der Waals surface area contributed by atoms with Crippen LogP contribution in [0.25, 0.3) is 0 Å². The molecule has 2 aliphatic heterocycles. The third-order valence-corrected chi connectivity index (χ3v) is 5.90. The molecule has 1 aromatic heterocycles. The highest BCUT2D eigenvalue weighted by Crippen LogP contribution is 2.51. The van der Waals surface area contributed by atoms with E-state index in [1.807, 2.05) is 23.1 Å². The van der Waals surface area contributed by atoms with Gasteiger partial charge in [-0.3, -0.25) is 14.8 Å². The number of nitrogens with zero attached hydrogens (tertiary/aromatic N) is 4. The lowest BCUT2D eigenvalue weighted by atomic mass is 9.76. The Hall–Kier alpha value is -2.82. The van der Waals surface area contributed by atoms with Crippen molar-refractivity contribution in [3.63, 3.8) is 0 Å². The number of hydrogen-bond donors (Lipinski definition) is 0. The minimum Gasteiger partial charge on any atom is -0.373 e. The highest BCUT2D eigenvalue weighted by Gasteiger charge is 2.63. The van der Waals surface area contributed by atoms with E-state index in [2.05, 4.69) is 16.0 Å². The Bertz CT molecular complexity index is 936. The normalized spacial score (nSPS) is 30.9. The lowest BCUT2D eigenvalue weighted by Crippen LogP contribution is -2.54. The Kier molecular flexibility index (Phi) is 4.11. The monoisotopic (exact) mass is 376 g/mol. The smallest absolute Gasteiger partial charge is 0.257 e. The van der Waals surface area contributed by atoms with Crippen LogP contribution in [0.3, 0.4) is 0 Å². The second kappa shape index (κ2) is 6.66. The van der Waals surface area contributed by atoms with E-state index in [1.54, 1.807) is 24.7 Å². The number of ether oxygens (including phenoxy) is 2. The summed E-state index contributed by atoms with van der Waals surface area (Å²) in [5.41, 5.74) is 1.66. The molecule has 0 bridgehead atoms. The van der Waals surface area contributed by atoms with Gasteiger partial charge in [0.05, 0.1) is 42.3 Å². The number of benzene rings is 1. The number of nitriles is 1. The van der Waals surface area contributed by atoms with Gasteiger partial charge in [-0.25, -0.2) is 0 Å². The molecular formula is C21H20N4O3. The van der Waals surface area contributed by atoms with Crippen LogP contribution in [0.4, 0.5) is 0 Å². The van der Waals surface area contributed by atoms with Crippen LogP contribution in [0.1, 0.15) is 48.5 Å². The fraction of sp³-hybridized carbons (Fsp3) is 0.429. The Morgan fingerprint density at radius 3 is 3.00 bits per heavy atom. The summed E-state index contributed by atoms with van der Waals surface area (Å²) in [7, 11) is 0. The number of aromatic nitrogens is 2. The van der Waals surface area contributed by atoms with Gasteiger partial charge in [0, 0.05) is 25.2 Å². The van der Waals surface area contributed by atoms with Crippen molar-refractivity contribution in [2.75, 3.05) is 0 Å². The van der Waals surface area contributed by atoms with Crippen molar-refractivity contribution in [3.8, 4) is 6.07 Å². The van der Waals surface area contributed by atoms with Crippen LogP contribution in [0.5, 0.6) is 0 Å². The Balaban J connectivity index is 1.22. The summed E-state index contributed by atoms with van der Waals surface area (Å²) >= 11 is 0. The Labute approximate surface area is 162 Å². The highest BCUT2D eigenvalue weighted by atomic mass is 16.6. The Morgan fingerprint density at radius 2 is 2.21 bits per heavy atom. The molecular weight excluding hydrogens is 356 g/mol. The lowest BCUT2D eigenvalue weighted by Gasteiger charge is -2.42. The van der Waals surface area contributed by atoms with Gasteiger partial charge in [-0.2, -0.15) is 5.26 Å². The van der Waals surface area contributed by atoms with Gasteiger partial charge in [0.1, 0.15) is 6.23 Å². The van der Waals surface area contributed by atoms with Crippen LogP contribution in [-0.4, -0.2) is 38.7 Å². The van der Waals surface area contributed by atoms with E-state index < -0.39 is 5.60 Å². The fourth-order valence-corrected chi connectivity index (χ4v) is 4.50. The molecule has 2 saturated heterocycles. The van der Waals surface area contributed by atoms with Crippen molar-refractivity contribution < 1.29 is 14.3 Å². The maximum absolute atomic E-state index is 13.1. The van der Waals surface area contributed by atoms with Gasteiger partial charge in [0.2, 0.25) is 0 Å². The van der Waals surface area contributed by atoms with Crippen molar-refractivity contribution in [3.05, 3.63) is 59.7 Å². The number of carbonyl (C=O) groups is 1. The summed E-state index contributed by atoms with van der Waals surface area (Å²) in [6.07, 6.45) is 7.66. The lowest BCUT2D eigenvalue weighted by molar-refractivity contribution is -0.177. The molecule has 0 radical (unpaired) electrons. The molecule has 142 valence electrons. The summed E-state index contributed by atoms with van der Waals surface area (Å²) in [6.45, 7) is 0.430. The molecule has 3 aliphatic rings. The van der Waals surface area contributed by atoms with E-state index >= 15 is 0 Å². The van der Waals surface area contributed by atoms with Crippen LogP contribution in [0.2, 0.25) is 0 Å². The maximum Gasteiger partial charge on any atom is 0.257 e. The van der Waals surface area contributed by atoms with Gasteiger partial charge in [-0.05, 0) is 30.5 Å². The standard InChI is InChI=1S/C21H20N4O3/c22-11-14-2-1-3-15(8-14)13-27-16-9-21(10-16)20(26)25-18(4-5-19(25)28-21)17-12-23-6-7-24-17/h1-3,6-8,12,16,18-19H,4-5,9-10,13H2/t16?,18-,19+,21?/m0/s1. The van der Waals surface area contributed by atoms with Crippen LogP contribution in [0, 0.1) is 11.3 Å². The first kappa shape index (κ1) is 17.3. The third kappa shape index (κ3) is 2.77. The predicted molar refractivity (Wildman–Crippen MR) is 97.4 cm³/mol. The molecule has 1 spiro atoms. The molecule has 1 aromatic carbocycles. The van der Waals surface area contributed by atoms with Gasteiger partial charge < -0.3 is 14.4 Å². The van der Waals surface area contributed by atoms with Crippen molar-refractivity contribution in [2.45, 2.75) is 56.3 Å². The zero-order valence-electron chi connectivity index (χ0n) is 15.3.